The Bertz CT molecular complexity index is 677. The molecule has 22 heavy (non-hydrogen) atoms. The van der Waals surface area contributed by atoms with E-state index in [2.05, 4.69) is 10.4 Å². The van der Waals surface area contributed by atoms with Gasteiger partial charge in [0, 0.05) is 30.3 Å². The summed E-state index contributed by atoms with van der Waals surface area (Å²) < 4.78 is 38.1. The molecular formula is C14H12F3N3OS. The van der Waals surface area contributed by atoms with Crippen molar-refractivity contribution in [1.29, 1.82) is 0 Å². The third-order valence-corrected chi connectivity index (χ3v) is 3.25. The molecule has 2 aromatic rings. The summed E-state index contributed by atoms with van der Waals surface area (Å²) in [6.45, 7) is 0. The lowest BCUT2D eigenvalue weighted by Crippen LogP contribution is -2.08. The van der Waals surface area contributed by atoms with Gasteiger partial charge < -0.3 is 5.32 Å². The standard InChI is InChI=1S/C14H12F3N3OS/c1-20-9-8-12(19-20)18-13(21)7-4-10-2-5-11(6-3-10)22-14(15,16)17/h2-9H,1H3,(H,18,19,21)/b7-4+. The van der Waals surface area contributed by atoms with Crippen LogP contribution in [0, 0.1) is 0 Å². The second-order valence-electron chi connectivity index (χ2n) is 4.31. The number of benzene rings is 1. The van der Waals surface area contributed by atoms with Crippen LogP contribution in [0.1, 0.15) is 5.56 Å². The summed E-state index contributed by atoms with van der Waals surface area (Å²) in [6, 6.07) is 7.38. The Hall–Kier alpha value is -2.22. The van der Waals surface area contributed by atoms with Crippen LogP contribution in [0.2, 0.25) is 0 Å². The van der Waals surface area contributed by atoms with Gasteiger partial charge in [-0.2, -0.15) is 18.3 Å². The number of aromatic nitrogens is 2. The highest BCUT2D eigenvalue weighted by Crippen LogP contribution is 2.36. The number of halogens is 3. The first kappa shape index (κ1) is 16.2. The number of hydrogen-bond donors (Lipinski definition) is 1. The van der Waals surface area contributed by atoms with E-state index in [1.54, 1.807) is 24.0 Å². The summed E-state index contributed by atoms with van der Waals surface area (Å²) in [5.41, 5.74) is -3.68. The second kappa shape index (κ2) is 6.69. The number of nitrogens with one attached hydrogen (secondary N) is 1. The van der Waals surface area contributed by atoms with Crippen LogP contribution >= 0.6 is 11.8 Å². The number of amides is 1. The molecule has 0 fully saturated rings. The van der Waals surface area contributed by atoms with Crippen molar-refractivity contribution in [2.75, 3.05) is 5.32 Å². The monoisotopic (exact) mass is 327 g/mol. The lowest BCUT2D eigenvalue weighted by molar-refractivity contribution is -0.111. The van der Waals surface area contributed by atoms with Gasteiger partial charge in [-0.05, 0) is 35.5 Å². The number of alkyl halides is 3. The van der Waals surface area contributed by atoms with E-state index in [4.69, 9.17) is 0 Å². The van der Waals surface area contributed by atoms with Gasteiger partial charge in [0.15, 0.2) is 5.82 Å². The van der Waals surface area contributed by atoms with Crippen LogP contribution in [0.3, 0.4) is 0 Å². The summed E-state index contributed by atoms with van der Waals surface area (Å²) in [4.78, 5) is 11.7. The van der Waals surface area contributed by atoms with Crippen molar-refractivity contribution in [2.45, 2.75) is 10.4 Å². The summed E-state index contributed by atoms with van der Waals surface area (Å²) in [5.74, 6) is 0.0570. The van der Waals surface area contributed by atoms with Crippen molar-refractivity contribution in [3.63, 3.8) is 0 Å². The number of carbonyl (C=O) groups is 1. The summed E-state index contributed by atoms with van der Waals surface area (Å²) in [6.07, 6.45) is 4.50. The Kier molecular flexibility index (Phi) is 4.92. The largest absolute Gasteiger partial charge is 0.446 e. The summed E-state index contributed by atoms with van der Waals surface area (Å²) in [7, 11) is 1.73. The lowest BCUT2D eigenvalue weighted by Gasteiger charge is -2.05. The summed E-state index contributed by atoms with van der Waals surface area (Å²) >= 11 is -0.176. The van der Waals surface area contributed by atoms with Crippen LogP contribution in [-0.4, -0.2) is 21.2 Å². The van der Waals surface area contributed by atoms with E-state index in [-0.39, 0.29) is 22.6 Å². The van der Waals surface area contributed by atoms with Gasteiger partial charge in [-0.15, -0.1) is 0 Å². The van der Waals surface area contributed by atoms with Gasteiger partial charge in [0.25, 0.3) is 0 Å². The van der Waals surface area contributed by atoms with Gasteiger partial charge >= 0.3 is 5.51 Å². The van der Waals surface area contributed by atoms with Gasteiger partial charge in [-0.25, -0.2) is 0 Å². The summed E-state index contributed by atoms with van der Waals surface area (Å²) in [5, 5.41) is 6.56. The SMILES string of the molecule is Cn1ccc(NC(=O)/C=C/c2ccc(SC(F)(F)F)cc2)n1. The number of rotatable bonds is 4. The fourth-order valence-electron chi connectivity index (χ4n) is 1.60. The number of thioether (sulfide) groups is 1. The molecule has 8 heteroatoms. The van der Waals surface area contributed by atoms with Gasteiger partial charge in [-0.3, -0.25) is 9.48 Å². The Morgan fingerprint density at radius 1 is 1.27 bits per heavy atom. The maximum atomic E-state index is 12.2. The maximum Gasteiger partial charge on any atom is 0.446 e. The van der Waals surface area contributed by atoms with E-state index in [0.29, 0.717) is 11.4 Å². The van der Waals surface area contributed by atoms with Crippen molar-refractivity contribution in [1.82, 2.24) is 9.78 Å². The minimum atomic E-state index is -4.31. The minimum Gasteiger partial charge on any atom is -0.306 e. The molecule has 116 valence electrons. The smallest absolute Gasteiger partial charge is 0.306 e. The molecule has 4 nitrogen and oxygen atoms in total. The van der Waals surface area contributed by atoms with Gasteiger partial charge in [0.2, 0.25) is 5.91 Å². The molecule has 0 radical (unpaired) electrons. The van der Waals surface area contributed by atoms with Crippen molar-refractivity contribution in [2.24, 2.45) is 7.05 Å². The maximum absolute atomic E-state index is 12.2. The first-order valence-corrected chi connectivity index (χ1v) is 6.98. The first-order chi connectivity index (χ1) is 10.3. The minimum absolute atomic E-state index is 0.0996. The van der Waals surface area contributed by atoms with Gasteiger partial charge in [0.1, 0.15) is 0 Å². The Morgan fingerprint density at radius 3 is 2.50 bits per heavy atom. The zero-order chi connectivity index (χ0) is 16.2. The number of aryl methyl sites for hydroxylation is 1. The van der Waals surface area contributed by atoms with Crippen LogP contribution < -0.4 is 5.32 Å². The molecule has 0 atom stereocenters. The fraction of sp³-hybridized carbons (Fsp3) is 0.143. The van der Waals surface area contributed by atoms with E-state index in [1.165, 1.54) is 36.4 Å². The van der Waals surface area contributed by atoms with E-state index in [9.17, 15) is 18.0 Å². The van der Waals surface area contributed by atoms with Crippen LogP contribution in [-0.2, 0) is 11.8 Å². The van der Waals surface area contributed by atoms with Crippen molar-refractivity contribution in [3.8, 4) is 0 Å². The molecular weight excluding hydrogens is 315 g/mol. The number of hydrogen-bond acceptors (Lipinski definition) is 3. The van der Waals surface area contributed by atoms with Crippen molar-refractivity contribution in [3.05, 3.63) is 48.2 Å². The predicted molar refractivity (Wildman–Crippen MR) is 79.2 cm³/mol. The highest BCUT2D eigenvalue weighted by Gasteiger charge is 2.28. The van der Waals surface area contributed by atoms with E-state index < -0.39 is 5.51 Å². The zero-order valence-corrected chi connectivity index (χ0v) is 12.3. The van der Waals surface area contributed by atoms with E-state index in [0.717, 1.165) is 0 Å². The molecule has 0 aliphatic carbocycles. The molecule has 0 spiro atoms. The molecule has 0 saturated heterocycles. The Morgan fingerprint density at radius 2 is 1.95 bits per heavy atom. The average molecular weight is 327 g/mol. The molecule has 0 saturated carbocycles. The lowest BCUT2D eigenvalue weighted by atomic mass is 10.2. The van der Waals surface area contributed by atoms with E-state index in [1.807, 2.05) is 0 Å². The number of anilines is 1. The topological polar surface area (TPSA) is 46.9 Å². The van der Waals surface area contributed by atoms with Gasteiger partial charge in [-0.1, -0.05) is 12.1 Å². The highest BCUT2D eigenvalue weighted by molar-refractivity contribution is 8.00. The van der Waals surface area contributed by atoms with E-state index >= 15 is 0 Å². The molecule has 0 unspecified atom stereocenters. The van der Waals surface area contributed by atoms with Crippen LogP contribution in [0.5, 0.6) is 0 Å². The third-order valence-electron chi connectivity index (χ3n) is 2.51. The molecule has 1 heterocycles. The molecule has 2 rings (SSSR count). The van der Waals surface area contributed by atoms with Crippen LogP contribution in [0.25, 0.3) is 6.08 Å². The molecule has 0 aliphatic rings. The number of nitrogens with zero attached hydrogens (tertiary/aromatic N) is 2. The molecule has 1 aromatic heterocycles. The first-order valence-electron chi connectivity index (χ1n) is 6.16. The Balaban J connectivity index is 1.93. The van der Waals surface area contributed by atoms with Crippen LogP contribution in [0.4, 0.5) is 19.0 Å². The van der Waals surface area contributed by atoms with Crippen molar-refractivity contribution < 1.29 is 18.0 Å². The number of carbonyl (C=O) groups excluding carboxylic acids is 1. The van der Waals surface area contributed by atoms with Crippen molar-refractivity contribution >= 4 is 29.6 Å². The normalized spacial score (nSPS) is 11.8. The Labute approximate surface area is 129 Å². The van der Waals surface area contributed by atoms with Gasteiger partial charge in [0.05, 0.1) is 0 Å². The molecule has 1 aromatic carbocycles. The molecule has 0 aliphatic heterocycles. The second-order valence-corrected chi connectivity index (χ2v) is 5.45. The quantitative estimate of drug-likeness (QED) is 0.688. The highest BCUT2D eigenvalue weighted by atomic mass is 32.2. The molecule has 0 bridgehead atoms. The van der Waals surface area contributed by atoms with Crippen LogP contribution in [0.15, 0.2) is 47.5 Å². The predicted octanol–water partition coefficient (Wildman–Crippen LogP) is 3.68. The zero-order valence-electron chi connectivity index (χ0n) is 11.5. The average Bonchev–Trinajstić information content (AvgIpc) is 2.81. The molecule has 1 amide bonds. The molecule has 1 N–H and O–H groups in total. The fourth-order valence-corrected chi connectivity index (χ4v) is 2.14. The third kappa shape index (κ3) is 5.28.